The molecule has 0 fully saturated rings. The van der Waals surface area contributed by atoms with Crippen molar-refractivity contribution >= 4 is 18.3 Å². The Hall–Kier alpha value is -1.33. The third-order valence-electron chi connectivity index (χ3n) is 2.72. The summed E-state index contributed by atoms with van der Waals surface area (Å²) in [6, 6.07) is 6.00. The van der Waals surface area contributed by atoms with E-state index in [4.69, 9.17) is 4.74 Å². The minimum Gasteiger partial charge on any atom is -0.493 e. The van der Waals surface area contributed by atoms with Crippen LogP contribution < -0.4 is 10.1 Å². The Balaban J connectivity index is 0.00000361. The zero-order chi connectivity index (χ0) is 14.1. The van der Waals surface area contributed by atoms with Crippen LogP contribution in [0, 0.1) is 5.82 Å². The minimum atomic E-state index is -0.319. The lowest BCUT2D eigenvalue weighted by Crippen LogP contribution is -2.32. The second-order valence-electron chi connectivity index (χ2n) is 4.33. The SMILES string of the molecule is CNCCN(C)C(=O)CCCOc1cccc(F)c1.Cl. The molecule has 20 heavy (non-hydrogen) atoms. The van der Waals surface area contributed by atoms with Crippen molar-refractivity contribution < 1.29 is 13.9 Å². The molecule has 0 aliphatic carbocycles. The van der Waals surface area contributed by atoms with Crippen LogP contribution in [0.2, 0.25) is 0 Å². The molecule has 0 aromatic heterocycles. The van der Waals surface area contributed by atoms with Gasteiger partial charge in [0, 0.05) is 32.6 Å². The molecule has 6 heteroatoms. The number of amides is 1. The first-order valence-corrected chi connectivity index (χ1v) is 6.40. The van der Waals surface area contributed by atoms with Crippen LogP contribution in [0.15, 0.2) is 24.3 Å². The van der Waals surface area contributed by atoms with Crippen molar-refractivity contribution in [2.75, 3.05) is 33.8 Å². The topological polar surface area (TPSA) is 41.6 Å². The number of hydrogen-bond acceptors (Lipinski definition) is 3. The van der Waals surface area contributed by atoms with Crippen molar-refractivity contribution in [3.8, 4) is 5.75 Å². The van der Waals surface area contributed by atoms with Gasteiger partial charge in [-0.2, -0.15) is 0 Å². The molecule has 0 saturated carbocycles. The van der Waals surface area contributed by atoms with Gasteiger partial charge < -0.3 is 15.0 Å². The summed E-state index contributed by atoms with van der Waals surface area (Å²) in [7, 11) is 3.64. The van der Waals surface area contributed by atoms with Gasteiger partial charge in [-0.3, -0.25) is 4.79 Å². The average molecular weight is 305 g/mol. The molecule has 1 aromatic carbocycles. The summed E-state index contributed by atoms with van der Waals surface area (Å²) >= 11 is 0. The molecule has 1 amide bonds. The minimum absolute atomic E-state index is 0. The molecule has 0 spiro atoms. The van der Waals surface area contributed by atoms with Gasteiger partial charge in [0.25, 0.3) is 0 Å². The number of halogens is 2. The summed E-state index contributed by atoms with van der Waals surface area (Å²) < 4.78 is 18.3. The van der Waals surface area contributed by atoms with Crippen LogP contribution in [-0.2, 0) is 4.79 Å². The normalized spacial score (nSPS) is 9.75. The molecule has 0 atom stereocenters. The van der Waals surface area contributed by atoms with Gasteiger partial charge in [-0.05, 0) is 25.6 Å². The van der Waals surface area contributed by atoms with Gasteiger partial charge in [-0.15, -0.1) is 12.4 Å². The highest BCUT2D eigenvalue weighted by Gasteiger charge is 2.07. The smallest absolute Gasteiger partial charge is 0.222 e. The zero-order valence-corrected chi connectivity index (χ0v) is 12.7. The molecule has 0 unspecified atom stereocenters. The third-order valence-corrected chi connectivity index (χ3v) is 2.72. The van der Waals surface area contributed by atoms with Crippen LogP contribution in [0.25, 0.3) is 0 Å². The van der Waals surface area contributed by atoms with E-state index in [1.165, 1.54) is 12.1 Å². The van der Waals surface area contributed by atoms with Gasteiger partial charge in [0.1, 0.15) is 11.6 Å². The number of ether oxygens (including phenoxy) is 1. The molecule has 0 aliphatic rings. The second kappa shape index (κ2) is 10.5. The first-order valence-electron chi connectivity index (χ1n) is 6.40. The van der Waals surface area contributed by atoms with Crippen LogP contribution in [0.5, 0.6) is 5.75 Å². The molecule has 4 nitrogen and oxygen atoms in total. The number of carbonyl (C=O) groups is 1. The number of likely N-dealkylation sites (N-methyl/N-ethyl adjacent to an activating group) is 2. The first kappa shape index (κ1) is 18.7. The number of carbonyl (C=O) groups excluding carboxylic acids is 1. The van der Waals surface area contributed by atoms with Crippen LogP contribution in [0.1, 0.15) is 12.8 Å². The summed E-state index contributed by atoms with van der Waals surface area (Å²) in [5.74, 6) is 0.273. The van der Waals surface area contributed by atoms with Gasteiger partial charge in [0.05, 0.1) is 6.61 Å². The highest BCUT2D eigenvalue weighted by molar-refractivity contribution is 5.85. The fraction of sp³-hybridized carbons (Fsp3) is 0.500. The third kappa shape index (κ3) is 7.31. The summed E-state index contributed by atoms with van der Waals surface area (Å²) in [6.45, 7) is 1.89. The Morgan fingerprint density at radius 2 is 2.20 bits per heavy atom. The highest BCUT2D eigenvalue weighted by atomic mass is 35.5. The molecule has 1 aromatic rings. The first-order chi connectivity index (χ1) is 9.13. The monoisotopic (exact) mass is 304 g/mol. The predicted octanol–water partition coefficient (Wildman–Crippen LogP) is 2.08. The maximum absolute atomic E-state index is 12.9. The van der Waals surface area contributed by atoms with E-state index in [0.29, 0.717) is 31.7 Å². The van der Waals surface area contributed by atoms with E-state index in [1.54, 1.807) is 24.1 Å². The Labute approximate surface area is 125 Å². The van der Waals surface area contributed by atoms with Crippen molar-refractivity contribution in [2.24, 2.45) is 0 Å². The molecular formula is C14H22ClFN2O2. The molecule has 0 aliphatic heterocycles. The van der Waals surface area contributed by atoms with Gasteiger partial charge in [0.15, 0.2) is 0 Å². The number of rotatable bonds is 8. The maximum atomic E-state index is 12.9. The summed E-state index contributed by atoms with van der Waals surface area (Å²) in [5, 5.41) is 2.99. The molecule has 1 rings (SSSR count). The standard InChI is InChI=1S/C14H21FN2O2.ClH/c1-16-8-9-17(2)14(18)7-4-10-19-13-6-3-5-12(15)11-13;/h3,5-6,11,16H,4,7-10H2,1-2H3;1H. The zero-order valence-electron chi connectivity index (χ0n) is 11.9. The van der Waals surface area contributed by atoms with E-state index >= 15 is 0 Å². The number of nitrogens with zero attached hydrogens (tertiary/aromatic N) is 1. The quantitative estimate of drug-likeness (QED) is 0.748. The molecule has 0 bridgehead atoms. The largest absolute Gasteiger partial charge is 0.493 e. The van der Waals surface area contributed by atoms with Crippen molar-refractivity contribution in [2.45, 2.75) is 12.8 Å². The molecule has 114 valence electrons. The van der Waals surface area contributed by atoms with E-state index in [0.717, 1.165) is 6.54 Å². The Morgan fingerprint density at radius 3 is 2.85 bits per heavy atom. The van der Waals surface area contributed by atoms with Crippen molar-refractivity contribution in [3.63, 3.8) is 0 Å². The molecular weight excluding hydrogens is 283 g/mol. The predicted molar refractivity (Wildman–Crippen MR) is 79.9 cm³/mol. The molecule has 0 radical (unpaired) electrons. The van der Waals surface area contributed by atoms with E-state index in [2.05, 4.69) is 5.32 Å². The number of benzene rings is 1. The van der Waals surface area contributed by atoms with Crippen molar-refractivity contribution in [1.29, 1.82) is 0 Å². The number of hydrogen-bond donors (Lipinski definition) is 1. The Morgan fingerprint density at radius 1 is 1.45 bits per heavy atom. The lowest BCUT2D eigenvalue weighted by Gasteiger charge is -2.16. The van der Waals surface area contributed by atoms with E-state index in [-0.39, 0.29) is 24.1 Å². The highest BCUT2D eigenvalue weighted by Crippen LogP contribution is 2.12. The number of nitrogens with one attached hydrogen (secondary N) is 1. The van der Waals surface area contributed by atoms with Gasteiger partial charge in [-0.25, -0.2) is 4.39 Å². The lowest BCUT2D eigenvalue weighted by molar-refractivity contribution is -0.130. The Kier molecular flexibility index (Phi) is 9.76. The summed E-state index contributed by atoms with van der Waals surface area (Å²) in [6.07, 6.45) is 1.06. The molecule has 0 saturated heterocycles. The second-order valence-corrected chi connectivity index (χ2v) is 4.33. The summed E-state index contributed by atoms with van der Waals surface area (Å²) in [5.41, 5.74) is 0. The van der Waals surface area contributed by atoms with E-state index in [1.807, 2.05) is 7.05 Å². The van der Waals surface area contributed by atoms with E-state index in [9.17, 15) is 9.18 Å². The van der Waals surface area contributed by atoms with Crippen LogP contribution in [0.4, 0.5) is 4.39 Å². The van der Waals surface area contributed by atoms with Crippen LogP contribution in [-0.4, -0.2) is 44.6 Å². The maximum Gasteiger partial charge on any atom is 0.222 e. The van der Waals surface area contributed by atoms with Crippen molar-refractivity contribution in [1.82, 2.24) is 10.2 Å². The fourth-order valence-corrected chi connectivity index (χ4v) is 1.57. The molecule has 0 heterocycles. The fourth-order valence-electron chi connectivity index (χ4n) is 1.57. The average Bonchev–Trinajstić information content (AvgIpc) is 2.40. The molecule has 1 N–H and O–H groups in total. The van der Waals surface area contributed by atoms with Crippen molar-refractivity contribution in [3.05, 3.63) is 30.1 Å². The van der Waals surface area contributed by atoms with E-state index < -0.39 is 0 Å². The lowest BCUT2D eigenvalue weighted by atomic mass is 10.3. The van der Waals surface area contributed by atoms with Crippen LogP contribution >= 0.6 is 12.4 Å². The Bertz CT molecular complexity index is 405. The van der Waals surface area contributed by atoms with Gasteiger partial charge >= 0.3 is 0 Å². The van der Waals surface area contributed by atoms with Gasteiger partial charge in [-0.1, -0.05) is 6.07 Å². The summed E-state index contributed by atoms with van der Waals surface area (Å²) in [4.78, 5) is 13.4. The van der Waals surface area contributed by atoms with Crippen LogP contribution in [0.3, 0.4) is 0 Å². The van der Waals surface area contributed by atoms with Gasteiger partial charge in [0.2, 0.25) is 5.91 Å².